The first kappa shape index (κ1) is 29.9. The van der Waals surface area contributed by atoms with E-state index < -0.39 is 29.4 Å². The van der Waals surface area contributed by atoms with Crippen LogP contribution in [0.3, 0.4) is 0 Å². The average molecular weight is 463 g/mol. The number of hydrogen-bond donors (Lipinski definition) is 4. The van der Waals surface area contributed by atoms with Crippen molar-refractivity contribution in [1.29, 1.82) is 0 Å². The van der Waals surface area contributed by atoms with Crippen LogP contribution in [0.15, 0.2) is 0 Å². The zero-order valence-electron chi connectivity index (χ0n) is 20.4. The van der Waals surface area contributed by atoms with Crippen molar-refractivity contribution in [2.24, 2.45) is 5.73 Å². The zero-order chi connectivity index (χ0) is 24.6. The number of rotatable bonds is 14. The van der Waals surface area contributed by atoms with Crippen LogP contribution in [-0.2, 0) is 23.7 Å². The van der Waals surface area contributed by atoms with Crippen LogP contribution in [0.25, 0.3) is 0 Å². The second-order valence-corrected chi connectivity index (χ2v) is 9.07. The lowest BCUT2D eigenvalue weighted by molar-refractivity contribution is -0.123. The molecule has 0 unspecified atom stereocenters. The summed E-state index contributed by atoms with van der Waals surface area (Å²) in [5.41, 5.74) is 4.04. The normalized spacial score (nSPS) is 12.6. The van der Waals surface area contributed by atoms with E-state index in [0.29, 0.717) is 52.4 Å². The van der Waals surface area contributed by atoms with Gasteiger partial charge in [0.15, 0.2) is 0 Å². The Kier molecular flexibility index (Phi) is 14.6. The fourth-order valence-corrected chi connectivity index (χ4v) is 2.30. The van der Waals surface area contributed by atoms with E-state index in [2.05, 4.69) is 16.0 Å². The summed E-state index contributed by atoms with van der Waals surface area (Å²) in [6.07, 6.45) is -0.478. The van der Waals surface area contributed by atoms with Gasteiger partial charge < -0.3 is 40.6 Å². The van der Waals surface area contributed by atoms with Crippen LogP contribution in [0.4, 0.5) is 9.59 Å². The Balaban J connectivity index is 4.48. The topological polar surface area (TPSA) is 150 Å². The van der Waals surface area contributed by atoms with E-state index >= 15 is 0 Å². The quantitative estimate of drug-likeness (QED) is 0.282. The molecule has 0 heterocycles. The molecule has 0 saturated heterocycles. The molecule has 0 aliphatic heterocycles. The van der Waals surface area contributed by atoms with Crippen LogP contribution >= 0.6 is 0 Å². The molecule has 0 aromatic heterocycles. The molecular weight excluding hydrogens is 420 g/mol. The molecule has 0 aliphatic carbocycles. The molecule has 3 amide bonds. The van der Waals surface area contributed by atoms with Crippen LogP contribution in [-0.4, -0.2) is 81.4 Å². The lowest BCUT2D eigenvalue weighted by Gasteiger charge is -2.23. The van der Waals surface area contributed by atoms with Crippen molar-refractivity contribution in [3.8, 4) is 0 Å². The maximum absolute atomic E-state index is 12.5. The molecule has 0 bridgehead atoms. The number of carbonyl (C=O) groups is 3. The highest BCUT2D eigenvalue weighted by atomic mass is 16.6. The highest BCUT2D eigenvalue weighted by Crippen LogP contribution is 2.08. The van der Waals surface area contributed by atoms with Crippen LogP contribution in [0.1, 0.15) is 54.4 Å². The number of carbonyl (C=O) groups excluding carboxylic acids is 3. The van der Waals surface area contributed by atoms with Crippen molar-refractivity contribution in [3.63, 3.8) is 0 Å². The molecule has 1 atom stereocenters. The Morgan fingerprint density at radius 2 is 1.34 bits per heavy atom. The highest BCUT2D eigenvalue weighted by Gasteiger charge is 2.24. The van der Waals surface area contributed by atoms with Gasteiger partial charge >= 0.3 is 12.2 Å². The fourth-order valence-electron chi connectivity index (χ4n) is 2.30. The molecule has 0 aromatic rings. The number of ether oxygens (including phenoxy) is 4. The van der Waals surface area contributed by atoms with Crippen molar-refractivity contribution >= 4 is 18.1 Å². The third-order valence-corrected chi connectivity index (χ3v) is 3.53. The summed E-state index contributed by atoms with van der Waals surface area (Å²) >= 11 is 0. The van der Waals surface area contributed by atoms with Crippen LogP contribution in [0, 0.1) is 0 Å². The molecule has 5 N–H and O–H groups in total. The van der Waals surface area contributed by atoms with E-state index in [1.165, 1.54) is 0 Å². The molecule has 11 heteroatoms. The molecule has 0 aliphatic rings. The third kappa shape index (κ3) is 18.6. The van der Waals surface area contributed by atoms with Gasteiger partial charge in [-0.2, -0.15) is 0 Å². The molecule has 0 saturated carbocycles. The minimum absolute atomic E-state index is 0.276. The smallest absolute Gasteiger partial charge is 0.408 e. The number of nitrogens with two attached hydrogens (primary N) is 1. The van der Waals surface area contributed by atoms with Gasteiger partial charge in [-0.3, -0.25) is 4.79 Å². The minimum Gasteiger partial charge on any atom is -0.444 e. The van der Waals surface area contributed by atoms with Gasteiger partial charge in [-0.05, 0) is 54.4 Å². The molecule has 32 heavy (non-hydrogen) atoms. The molecule has 0 fully saturated rings. The summed E-state index contributed by atoms with van der Waals surface area (Å²) in [6.45, 7) is 13.2. The van der Waals surface area contributed by atoms with E-state index in [0.717, 1.165) is 0 Å². The maximum Gasteiger partial charge on any atom is 0.408 e. The Labute approximate surface area is 191 Å². The number of hydrogen-bond acceptors (Lipinski definition) is 8. The minimum atomic E-state index is -0.821. The van der Waals surface area contributed by atoms with E-state index in [4.69, 9.17) is 24.7 Å². The maximum atomic E-state index is 12.5. The number of nitrogens with one attached hydrogen (secondary N) is 3. The monoisotopic (exact) mass is 462 g/mol. The summed E-state index contributed by atoms with van der Waals surface area (Å²) < 4.78 is 21.0. The van der Waals surface area contributed by atoms with E-state index in [1.807, 2.05) is 0 Å². The second kappa shape index (κ2) is 15.7. The molecular formula is C21H42N4O7. The van der Waals surface area contributed by atoms with Gasteiger partial charge in [0.25, 0.3) is 0 Å². The van der Waals surface area contributed by atoms with Crippen LogP contribution in [0.2, 0.25) is 0 Å². The van der Waals surface area contributed by atoms with Crippen molar-refractivity contribution in [1.82, 2.24) is 16.0 Å². The Hall–Kier alpha value is -2.11. The number of amides is 3. The van der Waals surface area contributed by atoms with Crippen molar-refractivity contribution in [3.05, 3.63) is 0 Å². The summed E-state index contributed by atoms with van der Waals surface area (Å²) in [6, 6.07) is -0.821. The van der Waals surface area contributed by atoms with Crippen molar-refractivity contribution in [2.45, 2.75) is 71.6 Å². The first-order valence-electron chi connectivity index (χ1n) is 10.9. The molecule has 0 radical (unpaired) electrons. The molecule has 0 rings (SSSR count). The molecule has 0 aromatic carbocycles. The lowest BCUT2D eigenvalue weighted by atomic mass is 10.1. The SMILES string of the molecule is CC(C)(C)OC(=O)NCCC[C@H](NC(=O)OC(C)(C)C)C(=O)NCCOCCOCCN. The fraction of sp³-hybridized carbons (Fsp3) is 0.857. The van der Waals surface area contributed by atoms with E-state index in [9.17, 15) is 14.4 Å². The largest absolute Gasteiger partial charge is 0.444 e. The lowest BCUT2D eigenvalue weighted by Crippen LogP contribution is -2.49. The van der Waals surface area contributed by atoms with Crippen LogP contribution < -0.4 is 21.7 Å². The molecule has 188 valence electrons. The number of alkyl carbamates (subject to hydrolysis) is 2. The summed E-state index contributed by atoms with van der Waals surface area (Å²) in [4.78, 5) is 36.4. The Morgan fingerprint density at radius 3 is 1.91 bits per heavy atom. The summed E-state index contributed by atoms with van der Waals surface area (Å²) in [7, 11) is 0. The van der Waals surface area contributed by atoms with Crippen LogP contribution in [0.5, 0.6) is 0 Å². The zero-order valence-corrected chi connectivity index (χ0v) is 20.4. The van der Waals surface area contributed by atoms with Gasteiger partial charge in [0.1, 0.15) is 17.2 Å². The summed E-state index contributed by atoms with van der Waals surface area (Å²) in [5.74, 6) is -0.365. The average Bonchev–Trinajstić information content (AvgIpc) is 2.63. The third-order valence-electron chi connectivity index (χ3n) is 3.53. The first-order chi connectivity index (χ1) is 14.8. The standard InChI is InChI=1S/C21H42N4O7/c1-20(2,3)31-18(27)24-10-7-8-16(25-19(28)32-21(4,5)6)17(26)23-11-13-30-15-14-29-12-9-22/h16H,7-15,22H2,1-6H3,(H,23,26)(H,24,27)(H,25,28)/t16-/m0/s1. The van der Waals surface area contributed by atoms with Crippen molar-refractivity contribution < 1.29 is 33.3 Å². The second-order valence-electron chi connectivity index (χ2n) is 9.07. The Bertz CT molecular complexity index is 559. The van der Waals surface area contributed by atoms with Gasteiger partial charge in [0.05, 0.1) is 26.4 Å². The first-order valence-corrected chi connectivity index (χ1v) is 10.9. The van der Waals surface area contributed by atoms with Gasteiger partial charge in [-0.15, -0.1) is 0 Å². The van der Waals surface area contributed by atoms with Gasteiger partial charge in [0.2, 0.25) is 5.91 Å². The van der Waals surface area contributed by atoms with Gasteiger partial charge in [-0.1, -0.05) is 0 Å². The van der Waals surface area contributed by atoms with Crippen molar-refractivity contribution in [2.75, 3.05) is 46.1 Å². The molecule has 0 spiro atoms. The predicted octanol–water partition coefficient (Wildman–Crippen LogP) is 1.29. The van der Waals surface area contributed by atoms with Gasteiger partial charge in [-0.25, -0.2) is 9.59 Å². The molecule has 11 nitrogen and oxygen atoms in total. The summed E-state index contributed by atoms with van der Waals surface area (Å²) in [5, 5.41) is 7.94. The van der Waals surface area contributed by atoms with Gasteiger partial charge in [0, 0.05) is 19.6 Å². The highest BCUT2D eigenvalue weighted by molar-refractivity contribution is 5.85. The predicted molar refractivity (Wildman–Crippen MR) is 120 cm³/mol. The van der Waals surface area contributed by atoms with E-state index in [-0.39, 0.29) is 12.5 Å². The Morgan fingerprint density at radius 1 is 0.781 bits per heavy atom. The van der Waals surface area contributed by atoms with E-state index in [1.54, 1.807) is 41.5 Å².